The number of carbonyl (C=O) groups is 1. The minimum absolute atomic E-state index is 0.185. The fraction of sp³-hybridized carbons (Fsp3) is 0.312. The highest BCUT2D eigenvalue weighted by Gasteiger charge is 2.31. The maximum atomic E-state index is 12.2. The summed E-state index contributed by atoms with van der Waals surface area (Å²) in [6.45, 7) is 1.70. The Hall–Kier alpha value is -1.65. The van der Waals surface area contributed by atoms with Crippen LogP contribution >= 0.6 is 11.3 Å². The molecule has 0 N–H and O–H groups in total. The van der Waals surface area contributed by atoms with Gasteiger partial charge in [0.2, 0.25) is 0 Å². The van der Waals surface area contributed by atoms with E-state index in [1.165, 1.54) is 17.6 Å². The monoisotopic (exact) mass is 287 g/mol. The van der Waals surface area contributed by atoms with E-state index >= 15 is 0 Å². The maximum Gasteiger partial charge on any atom is 0.327 e. The van der Waals surface area contributed by atoms with Crippen molar-refractivity contribution in [1.82, 2.24) is 4.90 Å². The van der Waals surface area contributed by atoms with Gasteiger partial charge in [0.1, 0.15) is 6.04 Å². The Bertz CT molecular complexity index is 594. The number of thiophene rings is 1. The van der Waals surface area contributed by atoms with Gasteiger partial charge in [-0.25, -0.2) is 4.79 Å². The van der Waals surface area contributed by atoms with Crippen LogP contribution in [0.1, 0.15) is 22.0 Å². The average Bonchev–Trinajstić information content (AvgIpc) is 2.96. The minimum atomic E-state index is -0.311. The lowest BCUT2D eigenvalue weighted by Gasteiger charge is -2.33. The van der Waals surface area contributed by atoms with Crippen LogP contribution in [0.2, 0.25) is 0 Å². The molecule has 4 heteroatoms. The molecule has 1 aromatic heterocycles. The van der Waals surface area contributed by atoms with Gasteiger partial charge in [-0.05, 0) is 29.0 Å². The molecule has 104 valence electrons. The first-order valence-corrected chi connectivity index (χ1v) is 7.59. The molecule has 3 nitrogen and oxygen atoms in total. The van der Waals surface area contributed by atoms with Crippen molar-refractivity contribution in [3.05, 3.63) is 57.8 Å². The Morgan fingerprint density at radius 1 is 1.30 bits per heavy atom. The molecule has 0 spiro atoms. The summed E-state index contributed by atoms with van der Waals surface area (Å²) in [6, 6.07) is 11.7. The smallest absolute Gasteiger partial charge is 0.327 e. The zero-order valence-electron chi connectivity index (χ0n) is 11.4. The summed E-state index contributed by atoms with van der Waals surface area (Å²) in [5.74, 6) is -0.185. The zero-order valence-corrected chi connectivity index (χ0v) is 12.2. The van der Waals surface area contributed by atoms with Crippen LogP contribution in [0.3, 0.4) is 0 Å². The van der Waals surface area contributed by atoms with Gasteiger partial charge in [-0.1, -0.05) is 30.3 Å². The van der Waals surface area contributed by atoms with E-state index in [9.17, 15) is 4.79 Å². The molecular formula is C16H17NO2S. The molecule has 0 aliphatic carbocycles. The third-order valence-electron chi connectivity index (χ3n) is 3.74. The van der Waals surface area contributed by atoms with Crippen molar-refractivity contribution in [1.29, 1.82) is 0 Å². The van der Waals surface area contributed by atoms with Crippen molar-refractivity contribution >= 4 is 17.3 Å². The van der Waals surface area contributed by atoms with Crippen molar-refractivity contribution in [2.75, 3.05) is 13.7 Å². The maximum absolute atomic E-state index is 12.2. The third-order valence-corrected chi connectivity index (χ3v) is 4.77. The molecule has 1 aliphatic rings. The molecule has 2 heterocycles. The first kappa shape index (κ1) is 13.3. The second-order valence-corrected chi connectivity index (χ2v) is 5.93. The van der Waals surface area contributed by atoms with Crippen molar-refractivity contribution in [2.45, 2.75) is 19.0 Å². The Labute approximate surface area is 122 Å². The van der Waals surface area contributed by atoms with Crippen LogP contribution in [0.25, 0.3) is 0 Å². The standard InChI is InChI=1S/C16H17NO2S/c1-19-16(18)15(12-5-3-2-4-6-12)17-9-7-14-13(11-17)8-10-20-14/h2-6,8,10,15H,7,9,11H2,1H3/t15-/m1/s1. The number of hydrogen-bond donors (Lipinski definition) is 0. The van der Waals surface area contributed by atoms with Gasteiger partial charge in [-0.2, -0.15) is 0 Å². The molecule has 0 saturated heterocycles. The summed E-state index contributed by atoms with van der Waals surface area (Å²) >= 11 is 1.81. The second kappa shape index (κ2) is 5.77. The summed E-state index contributed by atoms with van der Waals surface area (Å²) in [5.41, 5.74) is 2.34. The largest absolute Gasteiger partial charge is 0.468 e. The van der Waals surface area contributed by atoms with Crippen LogP contribution in [-0.4, -0.2) is 24.5 Å². The van der Waals surface area contributed by atoms with E-state index in [1.54, 1.807) is 11.3 Å². The van der Waals surface area contributed by atoms with Crippen LogP contribution in [-0.2, 0) is 22.5 Å². The normalized spacial score (nSPS) is 16.4. The molecule has 3 rings (SSSR count). The molecule has 0 amide bonds. The molecule has 1 aromatic carbocycles. The van der Waals surface area contributed by atoms with E-state index in [0.717, 1.165) is 25.1 Å². The van der Waals surface area contributed by atoms with Crippen LogP contribution < -0.4 is 0 Å². The lowest BCUT2D eigenvalue weighted by Crippen LogP contribution is -2.38. The van der Waals surface area contributed by atoms with Gasteiger partial charge in [-0.15, -0.1) is 11.3 Å². The average molecular weight is 287 g/mol. The number of rotatable bonds is 3. The summed E-state index contributed by atoms with van der Waals surface area (Å²) in [7, 11) is 1.46. The number of benzene rings is 1. The Morgan fingerprint density at radius 3 is 2.85 bits per heavy atom. The van der Waals surface area contributed by atoms with E-state index in [2.05, 4.69) is 16.3 Å². The summed E-state index contributed by atoms with van der Waals surface area (Å²) < 4.78 is 5.01. The van der Waals surface area contributed by atoms with Crippen LogP contribution in [0, 0.1) is 0 Å². The first-order valence-electron chi connectivity index (χ1n) is 6.71. The minimum Gasteiger partial charge on any atom is -0.468 e. The van der Waals surface area contributed by atoms with Gasteiger partial charge < -0.3 is 4.74 Å². The molecule has 0 radical (unpaired) electrons. The van der Waals surface area contributed by atoms with Crippen LogP contribution in [0.15, 0.2) is 41.8 Å². The predicted molar refractivity (Wildman–Crippen MR) is 79.6 cm³/mol. The van der Waals surface area contributed by atoms with Crippen LogP contribution in [0.4, 0.5) is 0 Å². The quantitative estimate of drug-likeness (QED) is 0.813. The number of fused-ring (bicyclic) bond motifs is 1. The van der Waals surface area contributed by atoms with Gasteiger partial charge in [0, 0.05) is 18.0 Å². The number of methoxy groups -OCH3 is 1. The Morgan fingerprint density at radius 2 is 2.10 bits per heavy atom. The molecule has 2 aromatic rings. The Kier molecular flexibility index (Phi) is 3.85. The molecule has 1 atom stereocenters. The van der Waals surface area contributed by atoms with Gasteiger partial charge in [-0.3, -0.25) is 4.90 Å². The lowest BCUT2D eigenvalue weighted by molar-refractivity contribution is -0.147. The summed E-state index contributed by atoms with van der Waals surface area (Å²) in [5, 5.41) is 2.13. The van der Waals surface area contributed by atoms with Crippen molar-refractivity contribution in [3.8, 4) is 0 Å². The van der Waals surface area contributed by atoms with E-state index in [4.69, 9.17) is 4.74 Å². The first-order chi connectivity index (χ1) is 9.79. The van der Waals surface area contributed by atoms with Crippen molar-refractivity contribution in [2.24, 2.45) is 0 Å². The molecule has 1 aliphatic heterocycles. The number of esters is 1. The molecule has 0 unspecified atom stereocenters. The fourth-order valence-corrected chi connectivity index (χ4v) is 3.62. The third kappa shape index (κ3) is 2.49. The summed E-state index contributed by atoms with van der Waals surface area (Å²) in [4.78, 5) is 15.8. The van der Waals surface area contributed by atoms with E-state index in [1.807, 2.05) is 30.3 Å². The number of nitrogens with zero attached hydrogens (tertiary/aromatic N) is 1. The van der Waals surface area contributed by atoms with Gasteiger partial charge in [0.25, 0.3) is 0 Å². The van der Waals surface area contributed by atoms with Gasteiger partial charge in [0.05, 0.1) is 7.11 Å². The molecule has 0 bridgehead atoms. The second-order valence-electron chi connectivity index (χ2n) is 4.93. The lowest BCUT2D eigenvalue weighted by atomic mass is 10.0. The molecule has 0 fully saturated rings. The highest BCUT2D eigenvalue weighted by molar-refractivity contribution is 7.10. The van der Waals surface area contributed by atoms with Gasteiger partial charge in [0.15, 0.2) is 0 Å². The topological polar surface area (TPSA) is 29.5 Å². The fourth-order valence-electron chi connectivity index (χ4n) is 2.73. The highest BCUT2D eigenvalue weighted by Crippen LogP contribution is 2.30. The zero-order chi connectivity index (χ0) is 13.9. The van der Waals surface area contributed by atoms with E-state index in [0.29, 0.717) is 0 Å². The number of carbonyl (C=O) groups excluding carboxylic acids is 1. The predicted octanol–water partition coefficient (Wildman–Crippen LogP) is 3.02. The molecule has 0 saturated carbocycles. The van der Waals surface area contributed by atoms with Crippen molar-refractivity contribution in [3.63, 3.8) is 0 Å². The highest BCUT2D eigenvalue weighted by atomic mass is 32.1. The van der Waals surface area contributed by atoms with E-state index in [-0.39, 0.29) is 12.0 Å². The van der Waals surface area contributed by atoms with E-state index < -0.39 is 0 Å². The van der Waals surface area contributed by atoms with Crippen molar-refractivity contribution < 1.29 is 9.53 Å². The number of ether oxygens (including phenoxy) is 1. The Balaban J connectivity index is 1.89. The summed E-state index contributed by atoms with van der Waals surface area (Å²) in [6.07, 6.45) is 1.01. The molecular weight excluding hydrogens is 270 g/mol. The SMILES string of the molecule is COC(=O)[C@@H](c1ccccc1)N1CCc2sccc2C1. The van der Waals surface area contributed by atoms with Gasteiger partial charge >= 0.3 is 5.97 Å². The number of hydrogen-bond acceptors (Lipinski definition) is 4. The molecule has 20 heavy (non-hydrogen) atoms. The van der Waals surface area contributed by atoms with Crippen LogP contribution in [0.5, 0.6) is 0 Å².